The third-order valence-corrected chi connectivity index (χ3v) is 3.43. The van der Waals surface area contributed by atoms with E-state index in [1.165, 1.54) is 11.1 Å². The molecule has 0 heterocycles. The molecule has 21 heavy (non-hydrogen) atoms. The lowest BCUT2D eigenvalue weighted by atomic mass is 10.1. The summed E-state index contributed by atoms with van der Waals surface area (Å²) in [5.41, 5.74) is 3.31. The fraction of sp³-hybridized carbons (Fsp3) is 0.278. The Bertz CT molecular complexity index is 614. The average Bonchev–Trinajstić information content (AvgIpc) is 2.50. The zero-order valence-corrected chi connectivity index (χ0v) is 12.5. The van der Waals surface area contributed by atoms with E-state index < -0.39 is 0 Å². The number of ether oxygens (including phenoxy) is 1. The molecule has 2 aromatic rings. The molecule has 0 saturated carbocycles. The predicted octanol–water partition coefficient (Wildman–Crippen LogP) is 3.38. The van der Waals surface area contributed by atoms with Gasteiger partial charge in [0.15, 0.2) is 0 Å². The summed E-state index contributed by atoms with van der Waals surface area (Å²) in [7, 11) is 2.09. The molecule has 3 nitrogen and oxygen atoms in total. The number of nitrogens with zero attached hydrogens (tertiary/aromatic N) is 2. The Morgan fingerprint density at radius 1 is 1.10 bits per heavy atom. The van der Waals surface area contributed by atoms with E-state index in [0.29, 0.717) is 12.2 Å². The molecule has 0 radical (unpaired) electrons. The third kappa shape index (κ3) is 4.62. The van der Waals surface area contributed by atoms with Crippen LogP contribution in [0.5, 0.6) is 5.75 Å². The quantitative estimate of drug-likeness (QED) is 0.814. The van der Waals surface area contributed by atoms with Crippen molar-refractivity contribution in [3.8, 4) is 11.8 Å². The summed E-state index contributed by atoms with van der Waals surface area (Å²) in [5.74, 6) is 0.804. The van der Waals surface area contributed by atoms with E-state index in [4.69, 9.17) is 10.00 Å². The van der Waals surface area contributed by atoms with Gasteiger partial charge >= 0.3 is 0 Å². The van der Waals surface area contributed by atoms with Gasteiger partial charge in [-0.15, -0.1) is 0 Å². The molecule has 0 aliphatic heterocycles. The Morgan fingerprint density at radius 3 is 2.48 bits per heavy atom. The first-order valence-electron chi connectivity index (χ1n) is 7.05. The topological polar surface area (TPSA) is 36.3 Å². The van der Waals surface area contributed by atoms with Crippen molar-refractivity contribution >= 4 is 0 Å². The number of aryl methyl sites for hydroxylation is 1. The third-order valence-electron chi connectivity index (χ3n) is 3.43. The van der Waals surface area contributed by atoms with Crippen LogP contribution < -0.4 is 4.74 Å². The lowest BCUT2D eigenvalue weighted by Gasteiger charge is -2.18. The Kier molecular flexibility index (Phi) is 5.36. The van der Waals surface area contributed by atoms with Crippen LogP contribution in [-0.4, -0.2) is 25.1 Å². The number of likely N-dealkylation sites (N-methyl/N-ethyl adjacent to an activating group) is 1. The van der Waals surface area contributed by atoms with Crippen LogP contribution in [0.4, 0.5) is 0 Å². The van der Waals surface area contributed by atoms with E-state index in [1.54, 1.807) is 12.1 Å². The zero-order valence-electron chi connectivity index (χ0n) is 12.5. The highest BCUT2D eigenvalue weighted by Crippen LogP contribution is 2.12. The van der Waals surface area contributed by atoms with Gasteiger partial charge in [0, 0.05) is 13.1 Å². The fourth-order valence-electron chi connectivity index (χ4n) is 2.10. The van der Waals surface area contributed by atoms with Crippen LogP contribution >= 0.6 is 0 Å². The molecule has 0 aliphatic carbocycles. The molecule has 0 fully saturated rings. The van der Waals surface area contributed by atoms with E-state index in [1.807, 2.05) is 12.1 Å². The van der Waals surface area contributed by atoms with Crippen molar-refractivity contribution in [1.82, 2.24) is 4.90 Å². The lowest BCUT2D eigenvalue weighted by molar-refractivity contribution is 0.232. The Labute approximate surface area is 126 Å². The Hall–Kier alpha value is -2.31. The highest BCUT2D eigenvalue weighted by Gasteiger charge is 2.03. The molecule has 3 heteroatoms. The van der Waals surface area contributed by atoms with E-state index in [2.05, 4.69) is 49.2 Å². The minimum absolute atomic E-state index is 0.633. The van der Waals surface area contributed by atoms with Crippen molar-refractivity contribution in [3.05, 3.63) is 65.2 Å². The molecule has 2 aromatic carbocycles. The van der Waals surface area contributed by atoms with E-state index in [0.717, 1.165) is 18.8 Å². The number of rotatable bonds is 6. The molecule has 108 valence electrons. The van der Waals surface area contributed by atoms with Gasteiger partial charge < -0.3 is 4.74 Å². The van der Waals surface area contributed by atoms with E-state index >= 15 is 0 Å². The summed E-state index contributed by atoms with van der Waals surface area (Å²) in [6.45, 7) is 4.54. The summed E-state index contributed by atoms with van der Waals surface area (Å²) < 4.78 is 5.69. The molecule has 0 N–H and O–H groups in total. The van der Waals surface area contributed by atoms with Gasteiger partial charge in [0.1, 0.15) is 12.4 Å². The van der Waals surface area contributed by atoms with Crippen molar-refractivity contribution in [2.75, 3.05) is 20.2 Å². The van der Waals surface area contributed by atoms with Crippen molar-refractivity contribution < 1.29 is 4.74 Å². The van der Waals surface area contributed by atoms with Crippen LogP contribution in [0.15, 0.2) is 48.5 Å². The summed E-state index contributed by atoms with van der Waals surface area (Å²) in [4.78, 5) is 2.24. The minimum atomic E-state index is 0.633. The van der Waals surface area contributed by atoms with Crippen LogP contribution in [0.2, 0.25) is 0 Å². The largest absolute Gasteiger partial charge is 0.492 e. The molecule has 0 saturated heterocycles. The van der Waals surface area contributed by atoms with Gasteiger partial charge in [-0.1, -0.05) is 24.3 Å². The normalized spacial score (nSPS) is 10.4. The van der Waals surface area contributed by atoms with Gasteiger partial charge in [0.2, 0.25) is 0 Å². The van der Waals surface area contributed by atoms with Gasteiger partial charge in [-0.05, 0) is 49.4 Å². The maximum atomic E-state index is 8.74. The molecule has 2 rings (SSSR count). The standard InChI is InChI=1S/C18H20N2O/c1-15-5-3-4-6-17(15)14-20(2)11-12-21-18-9-7-16(13-19)8-10-18/h3-10H,11-12,14H2,1-2H3. The van der Waals surface area contributed by atoms with Crippen LogP contribution in [0, 0.1) is 18.3 Å². The first-order chi connectivity index (χ1) is 10.2. The molecule has 0 aromatic heterocycles. The Balaban J connectivity index is 1.77. The van der Waals surface area contributed by atoms with Crippen molar-refractivity contribution in [2.45, 2.75) is 13.5 Å². The van der Waals surface area contributed by atoms with Gasteiger partial charge in [0.05, 0.1) is 11.6 Å². The molecule has 0 unspecified atom stereocenters. The monoisotopic (exact) mass is 280 g/mol. The van der Waals surface area contributed by atoms with Gasteiger partial charge in [0.25, 0.3) is 0 Å². The number of benzene rings is 2. The minimum Gasteiger partial charge on any atom is -0.492 e. The molecule has 0 spiro atoms. The number of nitriles is 1. The second kappa shape index (κ2) is 7.47. The van der Waals surface area contributed by atoms with Crippen LogP contribution in [0.1, 0.15) is 16.7 Å². The van der Waals surface area contributed by atoms with Crippen LogP contribution in [-0.2, 0) is 6.54 Å². The van der Waals surface area contributed by atoms with Crippen LogP contribution in [0.25, 0.3) is 0 Å². The van der Waals surface area contributed by atoms with Crippen molar-refractivity contribution in [2.24, 2.45) is 0 Å². The fourth-order valence-corrected chi connectivity index (χ4v) is 2.10. The van der Waals surface area contributed by atoms with Gasteiger partial charge in [-0.2, -0.15) is 5.26 Å². The number of hydrogen-bond donors (Lipinski definition) is 0. The summed E-state index contributed by atoms with van der Waals surface area (Å²) in [6, 6.07) is 17.7. The Morgan fingerprint density at radius 2 is 1.81 bits per heavy atom. The summed E-state index contributed by atoms with van der Waals surface area (Å²) in [5, 5.41) is 8.74. The predicted molar refractivity (Wildman–Crippen MR) is 84.2 cm³/mol. The highest BCUT2D eigenvalue weighted by molar-refractivity contribution is 5.34. The molecule has 0 aliphatic rings. The lowest BCUT2D eigenvalue weighted by Crippen LogP contribution is -2.24. The highest BCUT2D eigenvalue weighted by atomic mass is 16.5. The van der Waals surface area contributed by atoms with Crippen molar-refractivity contribution in [3.63, 3.8) is 0 Å². The first kappa shape index (κ1) is 15.1. The SMILES string of the molecule is Cc1ccccc1CN(C)CCOc1ccc(C#N)cc1. The summed E-state index contributed by atoms with van der Waals surface area (Å²) in [6.07, 6.45) is 0. The molecular weight excluding hydrogens is 260 g/mol. The van der Waals surface area contributed by atoms with Gasteiger partial charge in [-0.25, -0.2) is 0 Å². The van der Waals surface area contributed by atoms with Crippen LogP contribution in [0.3, 0.4) is 0 Å². The number of hydrogen-bond acceptors (Lipinski definition) is 3. The summed E-state index contributed by atoms with van der Waals surface area (Å²) >= 11 is 0. The average molecular weight is 280 g/mol. The van der Waals surface area contributed by atoms with E-state index in [9.17, 15) is 0 Å². The molecule has 0 amide bonds. The smallest absolute Gasteiger partial charge is 0.119 e. The second-order valence-corrected chi connectivity index (χ2v) is 5.15. The van der Waals surface area contributed by atoms with Gasteiger partial charge in [-0.3, -0.25) is 4.90 Å². The second-order valence-electron chi connectivity index (χ2n) is 5.15. The maximum Gasteiger partial charge on any atom is 0.119 e. The molecule has 0 atom stereocenters. The maximum absolute atomic E-state index is 8.74. The van der Waals surface area contributed by atoms with Crippen molar-refractivity contribution in [1.29, 1.82) is 5.26 Å². The molecular formula is C18H20N2O. The van der Waals surface area contributed by atoms with E-state index in [-0.39, 0.29) is 0 Å². The zero-order chi connectivity index (χ0) is 15.1. The molecule has 0 bridgehead atoms. The first-order valence-corrected chi connectivity index (χ1v) is 7.05.